The first-order valence-corrected chi connectivity index (χ1v) is 9.22. The summed E-state index contributed by atoms with van der Waals surface area (Å²) in [5, 5.41) is 7.85. The Bertz CT molecular complexity index is 1180. The molecule has 2 aromatic carbocycles. The highest BCUT2D eigenvalue weighted by atomic mass is 32.1. The Morgan fingerprint density at radius 3 is 2.71 bits per heavy atom. The fourth-order valence-electron chi connectivity index (χ4n) is 2.92. The van der Waals surface area contributed by atoms with Crippen molar-refractivity contribution in [2.45, 2.75) is 6.92 Å². The smallest absolute Gasteiger partial charge is 0.256 e. The molecule has 5 rings (SSSR count). The SMILES string of the molecule is Cc1cc(NC(=O)c2ccc(F)cc2)n(-c2nc3cc4c(cc3s2)OCO4)n1. The molecular weight excluding hydrogens is 383 g/mol. The number of hydrogen-bond donors (Lipinski definition) is 1. The fourth-order valence-corrected chi connectivity index (χ4v) is 3.86. The predicted octanol–water partition coefficient (Wildman–Crippen LogP) is 3.91. The second kappa shape index (κ2) is 6.31. The van der Waals surface area contributed by atoms with Crippen molar-refractivity contribution in [1.82, 2.24) is 14.8 Å². The van der Waals surface area contributed by atoms with Gasteiger partial charge < -0.3 is 14.8 Å². The van der Waals surface area contributed by atoms with Crippen molar-refractivity contribution in [1.29, 1.82) is 0 Å². The fraction of sp³-hybridized carbons (Fsp3) is 0.105. The van der Waals surface area contributed by atoms with E-state index >= 15 is 0 Å². The third-order valence-electron chi connectivity index (χ3n) is 4.23. The number of nitrogens with zero attached hydrogens (tertiary/aromatic N) is 3. The molecule has 9 heteroatoms. The van der Waals surface area contributed by atoms with Crippen molar-refractivity contribution in [3.8, 4) is 16.6 Å². The van der Waals surface area contributed by atoms with Gasteiger partial charge in [0.15, 0.2) is 11.5 Å². The molecule has 0 radical (unpaired) electrons. The zero-order valence-corrected chi connectivity index (χ0v) is 15.4. The molecule has 0 saturated carbocycles. The number of thiazole rings is 1. The van der Waals surface area contributed by atoms with Crippen molar-refractivity contribution in [3.05, 3.63) is 59.5 Å². The number of nitrogens with one attached hydrogen (secondary N) is 1. The van der Waals surface area contributed by atoms with Gasteiger partial charge in [0.25, 0.3) is 5.91 Å². The molecule has 0 unspecified atom stereocenters. The van der Waals surface area contributed by atoms with E-state index in [1.165, 1.54) is 35.6 Å². The van der Waals surface area contributed by atoms with E-state index in [4.69, 9.17) is 9.47 Å². The topological polar surface area (TPSA) is 78.3 Å². The van der Waals surface area contributed by atoms with E-state index in [0.717, 1.165) is 15.9 Å². The normalized spacial score (nSPS) is 12.5. The Kier molecular flexibility index (Phi) is 3.76. The van der Waals surface area contributed by atoms with Crippen molar-refractivity contribution in [2.24, 2.45) is 0 Å². The number of carbonyl (C=O) groups excluding carboxylic acids is 1. The zero-order valence-electron chi connectivity index (χ0n) is 14.6. The van der Waals surface area contributed by atoms with Crippen LogP contribution >= 0.6 is 11.3 Å². The Morgan fingerprint density at radius 1 is 1.18 bits per heavy atom. The molecule has 7 nitrogen and oxygen atoms in total. The molecule has 0 spiro atoms. The van der Waals surface area contributed by atoms with Crippen molar-refractivity contribution in [3.63, 3.8) is 0 Å². The second-order valence-corrected chi connectivity index (χ2v) is 7.22. The summed E-state index contributed by atoms with van der Waals surface area (Å²) in [6.07, 6.45) is 0. The number of hydrogen-bond acceptors (Lipinski definition) is 6. The number of anilines is 1. The lowest BCUT2D eigenvalue weighted by molar-refractivity contribution is 0.102. The standard InChI is InChI=1S/C19H13FN4O3S/c1-10-6-17(22-18(25)11-2-4-12(20)5-3-11)24(23-10)19-21-13-7-14-15(27-9-26-14)8-16(13)28-19/h2-8H,9H2,1H3,(H,22,25). The van der Waals surface area contributed by atoms with Gasteiger partial charge in [-0.25, -0.2) is 9.37 Å². The summed E-state index contributed by atoms with van der Waals surface area (Å²) in [4.78, 5) is 17.1. The molecule has 28 heavy (non-hydrogen) atoms. The number of aromatic nitrogens is 3. The van der Waals surface area contributed by atoms with Gasteiger partial charge in [-0.15, -0.1) is 0 Å². The van der Waals surface area contributed by atoms with Gasteiger partial charge in [-0.1, -0.05) is 11.3 Å². The molecule has 0 fully saturated rings. The van der Waals surface area contributed by atoms with E-state index in [-0.39, 0.29) is 12.7 Å². The van der Waals surface area contributed by atoms with Crippen molar-refractivity contribution in [2.75, 3.05) is 12.1 Å². The average Bonchev–Trinajstić information content (AvgIpc) is 3.37. The molecule has 1 aliphatic rings. The minimum atomic E-state index is -0.397. The number of ether oxygens (including phenoxy) is 2. The van der Waals surface area contributed by atoms with Gasteiger partial charge in [0.1, 0.15) is 11.6 Å². The maximum atomic E-state index is 13.1. The van der Waals surface area contributed by atoms with E-state index in [1.807, 2.05) is 19.1 Å². The van der Waals surface area contributed by atoms with Crippen LogP contribution in [0.5, 0.6) is 11.5 Å². The van der Waals surface area contributed by atoms with E-state index < -0.39 is 5.82 Å². The number of aryl methyl sites for hydroxylation is 1. The van der Waals surface area contributed by atoms with Gasteiger partial charge in [-0.3, -0.25) is 4.79 Å². The second-order valence-electron chi connectivity index (χ2n) is 6.21. The highest BCUT2D eigenvalue weighted by Gasteiger charge is 2.19. The lowest BCUT2D eigenvalue weighted by Gasteiger charge is -2.06. The van der Waals surface area contributed by atoms with Crippen LogP contribution < -0.4 is 14.8 Å². The summed E-state index contributed by atoms with van der Waals surface area (Å²) in [5.74, 6) is 1.07. The van der Waals surface area contributed by atoms with Gasteiger partial charge in [0.2, 0.25) is 11.9 Å². The third-order valence-corrected chi connectivity index (χ3v) is 5.23. The number of rotatable bonds is 3. The van der Waals surface area contributed by atoms with Gasteiger partial charge in [0, 0.05) is 23.8 Å². The highest BCUT2D eigenvalue weighted by molar-refractivity contribution is 7.20. The molecule has 0 saturated heterocycles. The van der Waals surface area contributed by atoms with Crippen LogP contribution in [0, 0.1) is 12.7 Å². The minimum absolute atomic E-state index is 0.206. The summed E-state index contributed by atoms with van der Waals surface area (Å²) < 4.78 is 26.4. The third kappa shape index (κ3) is 2.85. The van der Waals surface area contributed by atoms with Crippen LogP contribution in [0.1, 0.15) is 16.1 Å². The van der Waals surface area contributed by atoms with Gasteiger partial charge in [-0.05, 0) is 31.2 Å². The van der Waals surface area contributed by atoms with E-state index in [1.54, 1.807) is 10.7 Å². The molecule has 0 bridgehead atoms. The van der Waals surface area contributed by atoms with E-state index in [2.05, 4.69) is 15.4 Å². The number of fused-ring (bicyclic) bond motifs is 2. The molecule has 1 aliphatic heterocycles. The first kappa shape index (κ1) is 16.7. The Morgan fingerprint density at radius 2 is 1.93 bits per heavy atom. The van der Waals surface area contributed by atoms with Crippen LogP contribution in [-0.2, 0) is 0 Å². The summed E-state index contributed by atoms with van der Waals surface area (Å²) in [6.45, 7) is 2.03. The van der Waals surface area contributed by atoms with Gasteiger partial charge in [-0.2, -0.15) is 9.78 Å². The number of benzene rings is 2. The number of amides is 1. The maximum Gasteiger partial charge on any atom is 0.256 e. The maximum absolute atomic E-state index is 13.1. The van der Waals surface area contributed by atoms with Crippen LogP contribution in [-0.4, -0.2) is 27.5 Å². The van der Waals surface area contributed by atoms with Crippen LogP contribution in [0.15, 0.2) is 42.5 Å². The van der Waals surface area contributed by atoms with Crippen LogP contribution in [0.4, 0.5) is 10.2 Å². The average molecular weight is 396 g/mol. The summed E-state index contributed by atoms with van der Waals surface area (Å²) in [7, 11) is 0. The summed E-state index contributed by atoms with van der Waals surface area (Å²) >= 11 is 1.42. The minimum Gasteiger partial charge on any atom is -0.454 e. The molecular formula is C19H13FN4O3S. The lowest BCUT2D eigenvalue weighted by Crippen LogP contribution is -2.15. The molecule has 2 aromatic heterocycles. The van der Waals surface area contributed by atoms with Crippen molar-refractivity contribution >= 4 is 33.3 Å². The summed E-state index contributed by atoms with van der Waals surface area (Å²) in [6, 6.07) is 10.8. The Labute approximate surface area is 162 Å². The van der Waals surface area contributed by atoms with Crippen LogP contribution in [0.3, 0.4) is 0 Å². The van der Waals surface area contributed by atoms with E-state index in [0.29, 0.717) is 28.0 Å². The first-order chi connectivity index (χ1) is 13.6. The number of carbonyl (C=O) groups is 1. The zero-order chi connectivity index (χ0) is 19.3. The Balaban J connectivity index is 1.50. The van der Waals surface area contributed by atoms with E-state index in [9.17, 15) is 9.18 Å². The monoisotopic (exact) mass is 396 g/mol. The highest BCUT2D eigenvalue weighted by Crippen LogP contribution is 2.38. The largest absolute Gasteiger partial charge is 0.454 e. The van der Waals surface area contributed by atoms with Gasteiger partial charge in [0.05, 0.1) is 15.9 Å². The van der Waals surface area contributed by atoms with Crippen LogP contribution in [0.25, 0.3) is 15.3 Å². The molecule has 1 amide bonds. The summed E-state index contributed by atoms with van der Waals surface area (Å²) in [5.41, 5.74) is 1.83. The lowest BCUT2D eigenvalue weighted by atomic mass is 10.2. The molecule has 4 aromatic rings. The predicted molar refractivity (Wildman–Crippen MR) is 102 cm³/mol. The van der Waals surface area contributed by atoms with Crippen LogP contribution in [0.2, 0.25) is 0 Å². The molecule has 0 atom stereocenters. The first-order valence-electron chi connectivity index (χ1n) is 8.41. The molecule has 0 aliphatic carbocycles. The number of halogens is 1. The molecule has 140 valence electrons. The van der Waals surface area contributed by atoms with Crippen molar-refractivity contribution < 1.29 is 18.7 Å². The quantitative estimate of drug-likeness (QED) is 0.568. The Hall–Kier alpha value is -3.46. The van der Waals surface area contributed by atoms with Gasteiger partial charge >= 0.3 is 0 Å². The molecule has 1 N–H and O–H groups in total. The molecule has 3 heterocycles.